The molecule has 1 aliphatic rings. The van der Waals surface area contributed by atoms with Gasteiger partial charge < -0.3 is 10.0 Å². The minimum absolute atomic E-state index is 0.421. The Bertz CT molecular complexity index is 1290. The van der Waals surface area contributed by atoms with Crippen LogP contribution in [-0.2, 0) is 7.05 Å². The molecule has 0 saturated carbocycles. The van der Waals surface area contributed by atoms with Crippen LogP contribution in [0.3, 0.4) is 0 Å². The molecule has 0 saturated heterocycles. The second-order valence-electron chi connectivity index (χ2n) is 7.29. The number of hydrogen-bond acceptors (Lipinski definition) is 4. The maximum atomic E-state index is 11.1. The van der Waals surface area contributed by atoms with Crippen molar-refractivity contribution in [2.75, 3.05) is 13.1 Å². The van der Waals surface area contributed by atoms with E-state index >= 15 is 0 Å². The minimum Gasteiger partial charge on any atom is -0.465 e. The molecule has 0 bridgehead atoms. The molecular weight excluding hydrogens is 366 g/mol. The van der Waals surface area contributed by atoms with Gasteiger partial charge in [-0.25, -0.2) is 4.79 Å². The van der Waals surface area contributed by atoms with E-state index in [1.165, 1.54) is 4.90 Å². The normalized spacial score (nSPS) is 14.4. The quantitative estimate of drug-likeness (QED) is 0.565. The van der Waals surface area contributed by atoms with Gasteiger partial charge in [0, 0.05) is 42.7 Å². The highest BCUT2D eigenvalue weighted by Crippen LogP contribution is 2.28. The summed E-state index contributed by atoms with van der Waals surface area (Å²) in [5.74, 6) is 0. The molecule has 1 N–H and O–H groups in total. The molecule has 2 aromatic heterocycles. The number of hydrogen-bond donors (Lipinski definition) is 1. The number of rotatable bonds is 2. The van der Waals surface area contributed by atoms with Crippen molar-refractivity contribution >= 4 is 33.5 Å². The lowest BCUT2D eigenvalue weighted by atomic mass is 9.98. The summed E-state index contributed by atoms with van der Waals surface area (Å²) in [4.78, 5) is 12.5. The Balaban J connectivity index is 1.47. The summed E-state index contributed by atoms with van der Waals surface area (Å²) in [5, 5.41) is 24.5. The first kappa shape index (κ1) is 17.4. The van der Waals surface area contributed by atoms with Gasteiger partial charge in [-0.05, 0) is 41.8 Å². The van der Waals surface area contributed by atoms with Crippen LogP contribution in [0.15, 0.2) is 54.7 Å². The van der Waals surface area contributed by atoms with Gasteiger partial charge in [0.05, 0.1) is 16.7 Å². The summed E-state index contributed by atoms with van der Waals surface area (Å²) in [5.41, 5.74) is 5.84. The number of amides is 1. The predicted molar refractivity (Wildman–Crippen MR) is 111 cm³/mol. The van der Waals surface area contributed by atoms with E-state index in [0.717, 1.165) is 44.2 Å². The second-order valence-corrected chi connectivity index (χ2v) is 7.29. The second kappa shape index (κ2) is 6.70. The van der Waals surface area contributed by atoms with Crippen LogP contribution in [0.2, 0.25) is 0 Å². The van der Waals surface area contributed by atoms with Gasteiger partial charge in [0.25, 0.3) is 0 Å². The molecule has 0 spiro atoms. The number of aromatic nitrogens is 4. The maximum absolute atomic E-state index is 11.1. The van der Waals surface area contributed by atoms with Crippen LogP contribution in [-0.4, -0.2) is 49.2 Å². The van der Waals surface area contributed by atoms with E-state index in [0.29, 0.717) is 19.5 Å². The summed E-state index contributed by atoms with van der Waals surface area (Å²) < 4.78 is 1.80. The Morgan fingerprint density at radius 3 is 2.66 bits per heavy atom. The zero-order chi connectivity index (χ0) is 20.0. The molecule has 29 heavy (non-hydrogen) atoms. The molecule has 7 nitrogen and oxygen atoms in total. The smallest absolute Gasteiger partial charge is 0.407 e. The Morgan fingerprint density at radius 2 is 1.86 bits per heavy atom. The van der Waals surface area contributed by atoms with Gasteiger partial charge in [-0.1, -0.05) is 24.3 Å². The van der Waals surface area contributed by atoms with Crippen LogP contribution < -0.4 is 0 Å². The molecule has 0 radical (unpaired) electrons. The molecule has 0 atom stereocenters. The molecule has 3 heterocycles. The average molecular weight is 385 g/mol. The van der Waals surface area contributed by atoms with Gasteiger partial charge in [-0.2, -0.15) is 5.10 Å². The van der Waals surface area contributed by atoms with Crippen LogP contribution in [0.1, 0.15) is 12.0 Å². The Labute approximate surface area is 166 Å². The lowest BCUT2D eigenvalue weighted by Gasteiger charge is -2.23. The van der Waals surface area contributed by atoms with E-state index in [9.17, 15) is 4.79 Å². The Hall–Kier alpha value is -3.74. The number of nitrogens with zero attached hydrogens (tertiary/aromatic N) is 5. The standard InChI is InChI=1S/C22H19N5O2/c1-26-13-18-10-16(4-5-19(18)25-26)21-12-17-3-2-15(11-20(17)23-24-21)14-6-8-27(9-7-14)22(28)29/h2-6,10-13H,7-9H2,1H3,(H,28,29). The SMILES string of the molecule is Cn1cc2cc(-c3cc4ccc(C5=CCN(C(=O)O)CC5)cc4nn3)ccc2n1. The van der Waals surface area contributed by atoms with Crippen molar-refractivity contribution in [3.8, 4) is 11.3 Å². The third-order valence-electron chi connectivity index (χ3n) is 5.35. The van der Waals surface area contributed by atoms with E-state index in [1.807, 2.05) is 43.6 Å². The number of benzene rings is 2. The van der Waals surface area contributed by atoms with Crippen molar-refractivity contribution in [1.29, 1.82) is 0 Å². The van der Waals surface area contributed by atoms with Crippen LogP contribution in [0, 0.1) is 0 Å². The molecule has 144 valence electrons. The van der Waals surface area contributed by atoms with Crippen molar-refractivity contribution in [2.45, 2.75) is 6.42 Å². The lowest BCUT2D eigenvalue weighted by molar-refractivity contribution is 0.150. The summed E-state index contributed by atoms with van der Waals surface area (Å²) in [6.07, 6.45) is 3.79. The average Bonchev–Trinajstić information content (AvgIpc) is 3.12. The van der Waals surface area contributed by atoms with E-state index < -0.39 is 6.09 Å². The molecule has 7 heteroatoms. The molecule has 0 unspecified atom stereocenters. The topological polar surface area (TPSA) is 84.1 Å². The molecule has 4 aromatic rings. The van der Waals surface area contributed by atoms with E-state index in [2.05, 4.69) is 33.5 Å². The summed E-state index contributed by atoms with van der Waals surface area (Å²) in [6.45, 7) is 0.935. The predicted octanol–water partition coefficient (Wildman–Crippen LogP) is 3.95. The molecule has 5 rings (SSSR count). The highest BCUT2D eigenvalue weighted by atomic mass is 16.4. The molecule has 0 aliphatic carbocycles. The third kappa shape index (κ3) is 3.20. The highest BCUT2D eigenvalue weighted by molar-refractivity contribution is 5.88. The van der Waals surface area contributed by atoms with Crippen LogP contribution in [0.25, 0.3) is 38.6 Å². The van der Waals surface area contributed by atoms with Gasteiger partial charge in [-0.3, -0.25) is 4.68 Å². The monoisotopic (exact) mass is 385 g/mol. The lowest BCUT2D eigenvalue weighted by Crippen LogP contribution is -2.33. The van der Waals surface area contributed by atoms with Gasteiger partial charge in [0.15, 0.2) is 0 Å². The fraction of sp³-hybridized carbons (Fsp3) is 0.182. The molecule has 1 amide bonds. The van der Waals surface area contributed by atoms with Gasteiger partial charge in [0.1, 0.15) is 0 Å². The van der Waals surface area contributed by atoms with Gasteiger partial charge in [-0.15, -0.1) is 10.2 Å². The van der Waals surface area contributed by atoms with Crippen LogP contribution in [0.5, 0.6) is 0 Å². The largest absolute Gasteiger partial charge is 0.465 e. The first-order chi connectivity index (χ1) is 14.1. The fourth-order valence-corrected chi connectivity index (χ4v) is 3.79. The summed E-state index contributed by atoms with van der Waals surface area (Å²) in [7, 11) is 1.91. The van der Waals surface area contributed by atoms with Crippen molar-refractivity contribution in [2.24, 2.45) is 7.05 Å². The molecule has 0 fully saturated rings. The van der Waals surface area contributed by atoms with Gasteiger partial charge in [0.2, 0.25) is 0 Å². The summed E-state index contributed by atoms with van der Waals surface area (Å²) >= 11 is 0. The first-order valence-electron chi connectivity index (χ1n) is 9.45. The van der Waals surface area contributed by atoms with Crippen LogP contribution in [0.4, 0.5) is 4.79 Å². The Kier molecular flexibility index (Phi) is 4.01. The molecule has 1 aliphatic heterocycles. The number of carboxylic acid groups (broad SMARTS) is 1. The first-order valence-corrected chi connectivity index (χ1v) is 9.45. The highest BCUT2D eigenvalue weighted by Gasteiger charge is 2.17. The van der Waals surface area contributed by atoms with E-state index in [1.54, 1.807) is 4.68 Å². The third-order valence-corrected chi connectivity index (χ3v) is 5.35. The zero-order valence-electron chi connectivity index (χ0n) is 15.9. The maximum Gasteiger partial charge on any atom is 0.407 e. The van der Waals surface area contributed by atoms with E-state index in [-0.39, 0.29) is 0 Å². The summed E-state index contributed by atoms with van der Waals surface area (Å²) in [6, 6.07) is 14.3. The van der Waals surface area contributed by atoms with Crippen molar-refractivity contribution < 1.29 is 9.90 Å². The molecule has 2 aromatic carbocycles. The number of aryl methyl sites for hydroxylation is 1. The number of fused-ring (bicyclic) bond motifs is 2. The minimum atomic E-state index is -0.873. The zero-order valence-corrected chi connectivity index (χ0v) is 15.9. The van der Waals surface area contributed by atoms with Crippen molar-refractivity contribution in [1.82, 2.24) is 24.9 Å². The van der Waals surface area contributed by atoms with Gasteiger partial charge >= 0.3 is 6.09 Å². The van der Waals surface area contributed by atoms with E-state index in [4.69, 9.17) is 5.11 Å². The number of carbonyl (C=O) groups is 1. The van der Waals surface area contributed by atoms with Crippen molar-refractivity contribution in [3.05, 3.63) is 60.3 Å². The molecular formula is C22H19N5O2. The fourth-order valence-electron chi connectivity index (χ4n) is 3.79. The van der Waals surface area contributed by atoms with Crippen LogP contribution >= 0.6 is 0 Å². The van der Waals surface area contributed by atoms with Crippen molar-refractivity contribution in [3.63, 3.8) is 0 Å². The Morgan fingerprint density at radius 1 is 1.00 bits per heavy atom.